The number of fused-ring (bicyclic) bond motifs is 1. The number of nitrogens with zero attached hydrogens (tertiary/aromatic N) is 2. The summed E-state index contributed by atoms with van der Waals surface area (Å²) in [6, 6.07) is 16.2. The van der Waals surface area contributed by atoms with Crippen molar-refractivity contribution in [2.75, 3.05) is 19.6 Å². The molecule has 1 spiro atoms. The van der Waals surface area contributed by atoms with Crippen LogP contribution in [0, 0.1) is 11.3 Å². The van der Waals surface area contributed by atoms with Crippen molar-refractivity contribution < 1.29 is 9.90 Å². The number of amides is 1. The van der Waals surface area contributed by atoms with Crippen molar-refractivity contribution in [3.05, 3.63) is 65.2 Å². The molecule has 0 bridgehead atoms. The SMILES string of the molecule is CC(C)C(=O)N1Cc2ccccc2CC2(CCN(Cc3ccc(O)cc3)CC2)C1. The molecule has 1 saturated heterocycles. The van der Waals surface area contributed by atoms with Crippen LogP contribution in [0.3, 0.4) is 0 Å². The van der Waals surface area contributed by atoms with Gasteiger partial charge in [-0.25, -0.2) is 0 Å². The molecule has 2 aromatic rings. The molecule has 29 heavy (non-hydrogen) atoms. The fourth-order valence-electron chi connectivity index (χ4n) is 4.91. The number of phenolic OH excluding ortho intramolecular Hbond substituents is 1. The quantitative estimate of drug-likeness (QED) is 0.851. The third-order valence-corrected chi connectivity index (χ3v) is 6.64. The van der Waals surface area contributed by atoms with Gasteiger partial charge >= 0.3 is 0 Å². The molecule has 4 nitrogen and oxygen atoms in total. The number of rotatable bonds is 3. The number of carbonyl (C=O) groups is 1. The molecule has 4 rings (SSSR count). The Labute approximate surface area is 174 Å². The minimum absolute atomic E-state index is 0.0342. The van der Waals surface area contributed by atoms with E-state index in [4.69, 9.17) is 0 Å². The van der Waals surface area contributed by atoms with Crippen LogP contribution in [0.4, 0.5) is 0 Å². The molecule has 4 heteroatoms. The molecule has 154 valence electrons. The highest BCUT2D eigenvalue weighted by molar-refractivity contribution is 5.78. The van der Waals surface area contributed by atoms with Crippen LogP contribution >= 0.6 is 0 Å². The molecule has 2 aliphatic rings. The number of likely N-dealkylation sites (tertiary alicyclic amines) is 1. The summed E-state index contributed by atoms with van der Waals surface area (Å²) >= 11 is 0. The van der Waals surface area contributed by atoms with Gasteiger partial charge in [0.15, 0.2) is 0 Å². The Morgan fingerprint density at radius 3 is 2.34 bits per heavy atom. The van der Waals surface area contributed by atoms with E-state index in [0.29, 0.717) is 5.75 Å². The molecule has 0 aliphatic carbocycles. The zero-order valence-electron chi connectivity index (χ0n) is 17.6. The molecule has 1 amide bonds. The lowest BCUT2D eigenvalue weighted by Gasteiger charge is -2.43. The van der Waals surface area contributed by atoms with E-state index < -0.39 is 0 Å². The zero-order valence-corrected chi connectivity index (χ0v) is 17.6. The van der Waals surface area contributed by atoms with Crippen LogP contribution in [0.2, 0.25) is 0 Å². The molecule has 2 aliphatic heterocycles. The lowest BCUT2D eigenvalue weighted by Crippen LogP contribution is -2.48. The van der Waals surface area contributed by atoms with Gasteiger partial charge in [0.1, 0.15) is 5.75 Å². The summed E-state index contributed by atoms with van der Waals surface area (Å²) in [6.07, 6.45) is 3.29. The van der Waals surface area contributed by atoms with Crippen molar-refractivity contribution in [2.24, 2.45) is 11.3 Å². The number of piperidine rings is 1. The van der Waals surface area contributed by atoms with E-state index in [1.165, 1.54) is 16.7 Å². The minimum atomic E-state index is 0.0342. The van der Waals surface area contributed by atoms with Gasteiger partial charge in [0.25, 0.3) is 0 Å². The monoisotopic (exact) mass is 392 g/mol. The number of carbonyl (C=O) groups excluding carboxylic acids is 1. The van der Waals surface area contributed by atoms with Gasteiger partial charge in [-0.1, -0.05) is 50.2 Å². The van der Waals surface area contributed by atoms with E-state index in [1.54, 1.807) is 12.1 Å². The second-order valence-corrected chi connectivity index (χ2v) is 9.24. The van der Waals surface area contributed by atoms with Crippen molar-refractivity contribution in [1.82, 2.24) is 9.80 Å². The number of hydrogen-bond acceptors (Lipinski definition) is 3. The van der Waals surface area contributed by atoms with E-state index in [2.05, 4.69) is 34.1 Å². The topological polar surface area (TPSA) is 43.8 Å². The van der Waals surface area contributed by atoms with Crippen LogP contribution in [0.25, 0.3) is 0 Å². The summed E-state index contributed by atoms with van der Waals surface area (Å²) in [5.74, 6) is 0.623. The molecular formula is C25H32N2O2. The first-order valence-electron chi connectivity index (χ1n) is 10.8. The Balaban J connectivity index is 1.50. The summed E-state index contributed by atoms with van der Waals surface area (Å²) in [7, 11) is 0. The first-order chi connectivity index (χ1) is 13.9. The number of benzene rings is 2. The van der Waals surface area contributed by atoms with Crippen molar-refractivity contribution in [1.29, 1.82) is 0 Å². The summed E-state index contributed by atoms with van der Waals surface area (Å²) in [5, 5.41) is 9.50. The highest BCUT2D eigenvalue weighted by Crippen LogP contribution is 2.40. The Hall–Kier alpha value is -2.33. The molecule has 2 aromatic carbocycles. The molecule has 2 heterocycles. The summed E-state index contributed by atoms with van der Waals surface area (Å²) in [6.45, 7) is 8.64. The molecule has 0 unspecified atom stereocenters. The van der Waals surface area contributed by atoms with Crippen molar-refractivity contribution in [2.45, 2.75) is 46.2 Å². The summed E-state index contributed by atoms with van der Waals surface area (Å²) in [5.41, 5.74) is 4.13. The van der Waals surface area contributed by atoms with Crippen LogP contribution in [0.1, 0.15) is 43.4 Å². The highest BCUT2D eigenvalue weighted by Gasteiger charge is 2.40. The number of phenols is 1. The Morgan fingerprint density at radius 2 is 1.69 bits per heavy atom. The van der Waals surface area contributed by atoms with E-state index in [9.17, 15) is 9.90 Å². The fraction of sp³-hybridized carbons (Fsp3) is 0.480. The van der Waals surface area contributed by atoms with E-state index >= 15 is 0 Å². The zero-order chi connectivity index (χ0) is 20.4. The Kier molecular flexibility index (Phi) is 5.64. The average molecular weight is 393 g/mol. The van der Waals surface area contributed by atoms with Crippen molar-refractivity contribution >= 4 is 5.91 Å². The lowest BCUT2D eigenvalue weighted by atomic mass is 9.73. The standard InChI is InChI=1S/C25H32N2O2/c1-19(2)24(29)27-17-22-6-4-3-5-21(22)15-25(18-27)11-13-26(14-12-25)16-20-7-9-23(28)10-8-20/h3-10,19,28H,11-18H2,1-2H3. The van der Waals surface area contributed by atoms with Gasteiger partial charge in [-0.3, -0.25) is 9.69 Å². The molecule has 0 radical (unpaired) electrons. The second kappa shape index (κ2) is 8.19. The normalized spacial score (nSPS) is 19.2. The maximum absolute atomic E-state index is 12.9. The first-order valence-corrected chi connectivity index (χ1v) is 10.8. The van der Waals surface area contributed by atoms with Crippen molar-refractivity contribution in [3.63, 3.8) is 0 Å². The first kappa shape index (κ1) is 20.0. The van der Waals surface area contributed by atoms with E-state index in [0.717, 1.165) is 52.0 Å². The van der Waals surface area contributed by atoms with Crippen LogP contribution in [-0.4, -0.2) is 40.4 Å². The predicted octanol–water partition coefficient (Wildman–Crippen LogP) is 4.22. The highest BCUT2D eigenvalue weighted by atomic mass is 16.3. The van der Waals surface area contributed by atoms with Gasteiger partial charge in [-0.2, -0.15) is 0 Å². The van der Waals surface area contributed by atoms with Gasteiger partial charge in [0.2, 0.25) is 5.91 Å². The smallest absolute Gasteiger partial charge is 0.225 e. The van der Waals surface area contributed by atoms with Gasteiger partial charge in [-0.15, -0.1) is 0 Å². The van der Waals surface area contributed by atoms with Gasteiger partial charge < -0.3 is 10.0 Å². The van der Waals surface area contributed by atoms with Crippen molar-refractivity contribution in [3.8, 4) is 5.75 Å². The molecule has 1 N–H and O–H groups in total. The Morgan fingerprint density at radius 1 is 1.03 bits per heavy atom. The second-order valence-electron chi connectivity index (χ2n) is 9.24. The maximum atomic E-state index is 12.9. The number of hydrogen-bond donors (Lipinski definition) is 1. The maximum Gasteiger partial charge on any atom is 0.225 e. The van der Waals surface area contributed by atoms with E-state index in [-0.39, 0.29) is 17.2 Å². The van der Waals surface area contributed by atoms with Gasteiger partial charge in [0, 0.05) is 25.6 Å². The predicted molar refractivity (Wildman–Crippen MR) is 115 cm³/mol. The third-order valence-electron chi connectivity index (χ3n) is 6.64. The molecule has 0 atom stereocenters. The van der Waals surface area contributed by atoms with Gasteiger partial charge in [0.05, 0.1) is 0 Å². The van der Waals surface area contributed by atoms with Crippen LogP contribution in [-0.2, 0) is 24.3 Å². The summed E-state index contributed by atoms with van der Waals surface area (Å²) < 4.78 is 0. The van der Waals surface area contributed by atoms with Gasteiger partial charge in [-0.05, 0) is 66.6 Å². The lowest BCUT2D eigenvalue weighted by molar-refractivity contribution is -0.137. The van der Waals surface area contributed by atoms with Crippen LogP contribution < -0.4 is 0 Å². The number of aromatic hydroxyl groups is 1. The van der Waals surface area contributed by atoms with E-state index in [1.807, 2.05) is 26.0 Å². The average Bonchev–Trinajstić information content (AvgIpc) is 2.87. The largest absolute Gasteiger partial charge is 0.508 e. The van der Waals surface area contributed by atoms with Crippen LogP contribution in [0.15, 0.2) is 48.5 Å². The fourth-order valence-corrected chi connectivity index (χ4v) is 4.91. The van der Waals surface area contributed by atoms with Crippen LogP contribution in [0.5, 0.6) is 5.75 Å². The molecule has 0 aromatic heterocycles. The molecule has 1 fully saturated rings. The Bertz CT molecular complexity index is 851. The molecular weight excluding hydrogens is 360 g/mol. The minimum Gasteiger partial charge on any atom is -0.508 e. The molecule has 0 saturated carbocycles. The summed E-state index contributed by atoms with van der Waals surface area (Å²) in [4.78, 5) is 17.5. The third kappa shape index (κ3) is 4.48.